The van der Waals surface area contributed by atoms with Crippen molar-refractivity contribution >= 4 is 0 Å². The van der Waals surface area contributed by atoms with Crippen LogP contribution in [-0.2, 0) is 6.54 Å². The van der Waals surface area contributed by atoms with Gasteiger partial charge in [-0.05, 0) is 11.6 Å². The molecule has 0 radical (unpaired) electrons. The third kappa shape index (κ3) is 4.02. The van der Waals surface area contributed by atoms with Crippen molar-refractivity contribution in [2.45, 2.75) is 6.54 Å². The highest BCUT2D eigenvalue weighted by Gasteiger charge is 2.14. The van der Waals surface area contributed by atoms with E-state index in [0.29, 0.717) is 12.4 Å². The van der Waals surface area contributed by atoms with Crippen LogP contribution in [0.2, 0.25) is 0 Å². The lowest BCUT2D eigenvalue weighted by Crippen LogP contribution is -2.40. The minimum Gasteiger partial charge on any atom is -0.369 e. The van der Waals surface area contributed by atoms with E-state index in [9.17, 15) is 10.1 Å². The number of hydrogen-bond donors (Lipinski definition) is 1. The van der Waals surface area contributed by atoms with Gasteiger partial charge in [0.1, 0.15) is 0 Å². The predicted molar refractivity (Wildman–Crippen MR) is 67.6 cm³/mol. The molecule has 1 aromatic heterocycles. The van der Waals surface area contributed by atoms with Crippen LogP contribution < -0.4 is 5.32 Å². The molecule has 0 saturated heterocycles. The summed E-state index contributed by atoms with van der Waals surface area (Å²) in [4.78, 5) is 14.1. The maximum absolute atomic E-state index is 10.6. The van der Waals surface area contributed by atoms with E-state index in [0.717, 1.165) is 11.8 Å². The number of nitrogens with one attached hydrogen (secondary N) is 1. The monoisotopic (exact) mass is 251 g/mol. The van der Waals surface area contributed by atoms with Gasteiger partial charge in [0.15, 0.2) is 5.82 Å². The van der Waals surface area contributed by atoms with Crippen LogP contribution in [-0.4, -0.2) is 41.1 Å². The van der Waals surface area contributed by atoms with Crippen LogP contribution >= 0.6 is 0 Å². The van der Waals surface area contributed by atoms with Gasteiger partial charge in [-0.1, -0.05) is 6.07 Å². The molecule has 18 heavy (non-hydrogen) atoms. The Hall–Kier alpha value is -2.15. The first-order valence-corrected chi connectivity index (χ1v) is 5.41. The quantitative estimate of drug-likeness (QED) is 0.591. The van der Waals surface area contributed by atoms with Crippen molar-refractivity contribution in [1.82, 2.24) is 20.3 Å². The summed E-state index contributed by atoms with van der Waals surface area (Å²) < 4.78 is 0. The fourth-order valence-electron chi connectivity index (χ4n) is 1.47. The molecule has 98 valence electrons. The Morgan fingerprint density at radius 2 is 2.33 bits per heavy atom. The average molecular weight is 251 g/mol. The van der Waals surface area contributed by atoms with Crippen molar-refractivity contribution in [3.8, 4) is 0 Å². The van der Waals surface area contributed by atoms with Gasteiger partial charge in [-0.2, -0.15) is 0 Å². The maximum atomic E-state index is 10.6. The van der Waals surface area contributed by atoms with Gasteiger partial charge in [-0.3, -0.25) is 20.1 Å². The minimum absolute atomic E-state index is 0.411. The molecule has 1 N–H and O–H groups in total. The summed E-state index contributed by atoms with van der Waals surface area (Å²) in [7, 11) is 5.29. The van der Waals surface area contributed by atoms with Crippen LogP contribution in [0.1, 0.15) is 5.56 Å². The Balaban J connectivity index is 2.92. The molecular formula is C11H17N5O2. The topological polar surface area (TPSA) is 74.5 Å². The highest BCUT2D eigenvalue weighted by atomic mass is 16.6. The predicted octanol–water partition coefficient (Wildman–Crippen LogP) is 0.655. The smallest absolute Gasteiger partial charge is 0.275 e. The fraction of sp³-hybridized carbons (Fsp3) is 0.364. The Morgan fingerprint density at radius 1 is 1.61 bits per heavy atom. The third-order valence-electron chi connectivity index (χ3n) is 2.30. The van der Waals surface area contributed by atoms with Crippen LogP contribution in [0.5, 0.6) is 0 Å². The lowest BCUT2D eigenvalue weighted by molar-refractivity contribution is -0.405. The number of nitrogens with zero attached hydrogens (tertiary/aromatic N) is 4. The van der Waals surface area contributed by atoms with E-state index in [4.69, 9.17) is 0 Å². The average Bonchev–Trinajstić information content (AvgIpc) is 2.34. The Labute approximate surface area is 106 Å². The summed E-state index contributed by atoms with van der Waals surface area (Å²) in [6, 6.07) is 3.75. The van der Waals surface area contributed by atoms with Crippen LogP contribution in [0.3, 0.4) is 0 Å². The van der Waals surface area contributed by atoms with Crippen LogP contribution in [0, 0.1) is 10.1 Å². The first kappa shape index (κ1) is 13.9. The summed E-state index contributed by atoms with van der Waals surface area (Å²) in [6.45, 7) is 0.501. The van der Waals surface area contributed by atoms with Gasteiger partial charge in [-0.15, -0.1) is 0 Å². The Bertz CT molecular complexity index is 419. The first-order chi connectivity index (χ1) is 8.54. The molecule has 0 aliphatic rings. The van der Waals surface area contributed by atoms with Gasteiger partial charge < -0.3 is 5.32 Å². The molecular weight excluding hydrogens is 234 g/mol. The lowest BCUT2D eigenvalue weighted by atomic mass is 10.3. The van der Waals surface area contributed by atoms with Crippen molar-refractivity contribution in [2.75, 3.05) is 21.1 Å². The van der Waals surface area contributed by atoms with Crippen molar-refractivity contribution in [1.29, 1.82) is 0 Å². The van der Waals surface area contributed by atoms with Crippen LogP contribution in [0.25, 0.3) is 0 Å². The molecule has 0 aromatic carbocycles. The normalized spacial score (nSPS) is 11.4. The van der Waals surface area contributed by atoms with E-state index in [2.05, 4.69) is 10.3 Å². The Kier molecular flexibility index (Phi) is 5.06. The Morgan fingerprint density at radius 3 is 2.78 bits per heavy atom. The van der Waals surface area contributed by atoms with E-state index in [1.54, 1.807) is 29.5 Å². The zero-order valence-electron chi connectivity index (χ0n) is 10.7. The third-order valence-corrected chi connectivity index (χ3v) is 2.30. The minimum atomic E-state index is -0.481. The molecule has 1 rings (SSSR count). The van der Waals surface area contributed by atoms with Gasteiger partial charge in [0.2, 0.25) is 0 Å². The maximum Gasteiger partial charge on any atom is 0.275 e. The highest BCUT2D eigenvalue weighted by molar-refractivity contribution is 5.09. The second-order valence-electron chi connectivity index (χ2n) is 3.82. The molecule has 0 atom stereocenters. The molecule has 1 heterocycles. The summed E-state index contributed by atoms with van der Waals surface area (Å²) in [5, 5.41) is 16.9. The molecule has 7 nitrogen and oxygen atoms in total. The molecule has 7 heteroatoms. The number of rotatable bonds is 6. The number of aromatic nitrogens is 1. The largest absolute Gasteiger partial charge is 0.369 e. The highest BCUT2D eigenvalue weighted by Crippen LogP contribution is 2.09. The van der Waals surface area contributed by atoms with Gasteiger partial charge in [0.05, 0.1) is 11.5 Å². The van der Waals surface area contributed by atoms with Gasteiger partial charge in [0.25, 0.3) is 6.20 Å². The zero-order valence-corrected chi connectivity index (χ0v) is 10.7. The number of nitro groups is 1. The molecule has 0 spiro atoms. The standard InChI is InChI=1S/C11H17N5O2/c1-12-11(9-16(17)18)15(14(2)3)8-10-5-4-6-13-7-10/h4-7,9,12H,8H2,1-3H3/b11-9+. The van der Waals surface area contributed by atoms with E-state index in [1.165, 1.54) is 0 Å². The van der Waals surface area contributed by atoms with E-state index < -0.39 is 4.92 Å². The van der Waals surface area contributed by atoms with E-state index in [-0.39, 0.29) is 0 Å². The summed E-state index contributed by atoms with van der Waals surface area (Å²) >= 11 is 0. The molecule has 1 aromatic rings. The molecule has 0 amide bonds. The molecule has 0 saturated carbocycles. The summed E-state index contributed by atoms with van der Waals surface area (Å²) in [5.41, 5.74) is 0.968. The molecule has 0 bridgehead atoms. The number of hydrogen-bond acceptors (Lipinski definition) is 6. The summed E-state index contributed by atoms with van der Waals surface area (Å²) in [5.74, 6) is 0.411. The van der Waals surface area contributed by atoms with Crippen molar-refractivity contribution in [3.05, 3.63) is 52.2 Å². The second-order valence-corrected chi connectivity index (χ2v) is 3.82. The summed E-state index contributed by atoms with van der Waals surface area (Å²) in [6.07, 6.45) is 4.36. The van der Waals surface area contributed by atoms with Crippen molar-refractivity contribution in [3.63, 3.8) is 0 Å². The molecule has 0 unspecified atom stereocenters. The molecule has 0 aliphatic carbocycles. The van der Waals surface area contributed by atoms with Gasteiger partial charge in [-0.25, -0.2) is 5.01 Å². The van der Waals surface area contributed by atoms with Gasteiger partial charge in [0, 0.05) is 33.5 Å². The van der Waals surface area contributed by atoms with Crippen LogP contribution in [0.15, 0.2) is 36.5 Å². The fourth-order valence-corrected chi connectivity index (χ4v) is 1.47. The van der Waals surface area contributed by atoms with Gasteiger partial charge >= 0.3 is 0 Å². The number of pyridine rings is 1. The molecule has 0 fully saturated rings. The first-order valence-electron chi connectivity index (χ1n) is 5.41. The molecule has 0 aliphatic heterocycles. The van der Waals surface area contributed by atoms with Crippen LogP contribution in [0.4, 0.5) is 0 Å². The van der Waals surface area contributed by atoms with Crippen molar-refractivity contribution in [2.24, 2.45) is 0 Å². The number of hydrazine groups is 1. The lowest BCUT2D eigenvalue weighted by Gasteiger charge is -2.31. The van der Waals surface area contributed by atoms with E-state index in [1.807, 2.05) is 26.2 Å². The van der Waals surface area contributed by atoms with Crippen molar-refractivity contribution < 1.29 is 4.92 Å². The van der Waals surface area contributed by atoms with E-state index >= 15 is 0 Å². The SMILES string of the molecule is CN/C(=C\[N+](=O)[O-])N(Cc1cccnc1)N(C)C. The zero-order chi connectivity index (χ0) is 13.5. The second kappa shape index (κ2) is 6.55.